The molecule has 0 bridgehead atoms. The molecule has 0 spiro atoms. The van der Waals surface area contributed by atoms with E-state index in [9.17, 15) is 14.3 Å². The third kappa shape index (κ3) is 3.63. The molecule has 24 heavy (non-hydrogen) atoms. The number of nitrogens with zero attached hydrogens (tertiary/aromatic N) is 3. The lowest BCUT2D eigenvalue weighted by Gasteiger charge is -2.24. The molecule has 1 aliphatic rings. The molecule has 1 aromatic carbocycles. The van der Waals surface area contributed by atoms with Crippen molar-refractivity contribution in [2.45, 2.75) is 25.2 Å². The Kier molecular flexibility index (Phi) is 4.92. The number of halogens is 1. The van der Waals surface area contributed by atoms with Gasteiger partial charge in [0.2, 0.25) is 5.91 Å². The maximum atomic E-state index is 13.1. The molecule has 1 fully saturated rings. The van der Waals surface area contributed by atoms with E-state index in [1.165, 1.54) is 12.1 Å². The van der Waals surface area contributed by atoms with Crippen molar-refractivity contribution in [2.75, 3.05) is 13.2 Å². The van der Waals surface area contributed by atoms with Crippen molar-refractivity contribution in [2.24, 2.45) is 7.05 Å². The second kappa shape index (κ2) is 7.11. The zero-order valence-corrected chi connectivity index (χ0v) is 13.4. The molecule has 0 saturated carbocycles. The number of aryl methyl sites for hydroxylation is 1. The van der Waals surface area contributed by atoms with E-state index < -0.39 is 6.10 Å². The second-order valence-electron chi connectivity index (χ2n) is 5.94. The predicted octanol–water partition coefficient (Wildman–Crippen LogP) is 1.41. The van der Waals surface area contributed by atoms with Crippen LogP contribution < -0.4 is 0 Å². The second-order valence-corrected chi connectivity index (χ2v) is 5.94. The van der Waals surface area contributed by atoms with Gasteiger partial charge in [0.15, 0.2) is 0 Å². The van der Waals surface area contributed by atoms with Crippen molar-refractivity contribution in [1.82, 2.24) is 14.7 Å². The third-order valence-corrected chi connectivity index (χ3v) is 4.25. The van der Waals surface area contributed by atoms with Gasteiger partial charge in [-0.2, -0.15) is 5.10 Å². The molecule has 128 valence electrons. The number of ether oxygens (including phenoxy) is 1. The Labute approximate surface area is 139 Å². The lowest BCUT2D eigenvalue weighted by Crippen LogP contribution is -2.34. The number of hydrogen-bond acceptors (Lipinski definition) is 4. The van der Waals surface area contributed by atoms with Crippen molar-refractivity contribution in [1.29, 1.82) is 0 Å². The minimum Gasteiger partial charge on any atom is -0.391 e. The molecule has 2 aromatic rings. The molecule has 6 nitrogen and oxygen atoms in total. The summed E-state index contributed by atoms with van der Waals surface area (Å²) in [7, 11) is 1.81. The zero-order valence-electron chi connectivity index (χ0n) is 13.4. The summed E-state index contributed by atoms with van der Waals surface area (Å²) in [4.78, 5) is 14.0. The van der Waals surface area contributed by atoms with Crippen LogP contribution in [0.4, 0.5) is 4.39 Å². The van der Waals surface area contributed by atoms with E-state index in [0.29, 0.717) is 13.0 Å². The van der Waals surface area contributed by atoms with Crippen LogP contribution in [0.25, 0.3) is 0 Å². The van der Waals surface area contributed by atoms with Crippen molar-refractivity contribution in [3.05, 3.63) is 53.6 Å². The highest BCUT2D eigenvalue weighted by Gasteiger charge is 2.35. The standard InChI is InChI=1S/C17H20FN3O3/c1-20-14(6-7-19-20)10-24-11-17(23)21-9-15(22)8-16(21)12-2-4-13(18)5-3-12/h2-7,15-16,22H,8-11H2,1H3/t15-,16+/m0/s1. The quantitative estimate of drug-likeness (QED) is 0.898. The Bertz CT molecular complexity index is 701. The Morgan fingerprint density at radius 3 is 2.79 bits per heavy atom. The van der Waals surface area contributed by atoms with Gasteiger partial charge >= 0.3 is 0 Å². The zero-order chi connectivity index (χ0) is 17.1. The fourth-order valence-corrected chi connectivity index (χ4v) is 2.96. The van der Waals surface area contributed by atoms with Crippen LogP contribution >= 0.6 is 0 Å². The SMILES string of the molecule is Cn1nccc1COCC(=O)N1C[C@@H](O)C[C@@H]1c1ccc(F)cc1. The number of carbonyl (C=O) groups excluding carboxylic acids is 1. The van der Waals surface area contributed by atoms with Crippen LogP contribution in [0.2, 0.25) is 0 Å². The Morgan fingerprint density at radius 2 is 2.12 bits per heavy atom. The molecule has 1 aliphatic heterocycles. The summed E-state index contributed by atoms with van der Waals surface area (Å²) in [6, 6.07) is 7.59. The van der Waals surface area contributed by atoms with Crippen LogP contribution in [0.3, 0.4) is 0 Å². The number of aromatic nitrogens is 2. The Morgan fingerprint density at radius 1 is 1.38 bits per heavy atom. The molecule has 0 aliphatic carbocycles. The average molecular weight is 333 g/mol. The first-order valence-corrected chi connectivity index (χ1v) is 7.82. The van der Waals surface area contributed by atoms with Gasteiger partial charge in [0.25, 0.3) is 0 Å². The maximum Gasteiger partial charge on any atom is 0.249 e. The minimum absolute atomic E-state index is 0.0738. The molecular weight excluding hydrogens is 313 g/mol. The van der Waals surface area contributed by atoms with Crippen LogP contribution in [-0.2, 0) is 23.2 Å². The molecule has 2 atom stereocenters. The number of aliphatic hydroxyl groups is 1. The average Bonchev–Trinajstić information content (AvgIpc) is 3.14. The summed E-state index contributed by atoms with van der Waals surface area (Å²) < 4.78 is 20.2. The van der Waals surface area contributed by atoms with Crippen LogP contribution in [0, 0.1) is 5.82 Å². The lowest BCUT2D eigenvalue weighted by atomic mass is 10.0. The normalized spacial score (nSPS) is 20.5. The molecule has 1 aromatic heterocycles. The van der Waals surface area contributed by atoms with Gasteiger partial charge < -0.3 is 14.7 Å². The van der Waals surface area contributed by atoms with E-state index in [4.69, 9.17) is 4.74 Å². The van der Waals surface area contributed by atoms with E-state index in [1.54, 1.807) is 27.9 Å². The van der Waals surface area contributed by atoms with Crippen molar-refractivity contribution in [3.8, 4) is 0 Å². The van der Waals surface area contributed by atoms with Gasteiger partial charge in [0.1, 0.15) is 12.4 Å². The van der Waals surface area contributed by atoms with Gasteiger partial charge in [-0.3, -0.25) is 9.48 Å². The van der Waals surface area contributed by atoms with Crippen molar-refractivity contribution in [3.63, 3.8) is 0 Å². The summed E-state index contributed by atoms with van der Waals surface area (Å²) in [5.41, 5.74) is 1.69. The molecule has 7 heteroatoms. The number of benzene rings is 1. The number of β-amino-alcohol motifs (C(OH)–C–C–N with tert-alkyl or cyclic N) is 1. The Balaban J connectivity index is 1.61. The van der Waals surface area contributed by atoms with Crippen LogP contribution in [-0.4, -0.2) is 44.9 Å². The number of aliphatic hydroxyl groups excluding tert-OH is 1. The van der Waals surface area contributed by atoms with E-state index >= 15 is 0 Å². The molecule has 1 saturated heterocycles. The fourth-order valence-electron chi connectivity index (χ4n) is 2.96. The van der Waals surface area contributed by atoms with Gasteiger partial charge in [-0.15, -0.1) is 0 Å². The minimum atomic E-state index is -0.582. The van der Waals surface area contributed by atoms with Gasteiger partial charge in [-0.1, -0.05) is 12.1 Å². The first kappa shape index (κ1) is 16.6. The van der Waals surface area contributed by atoms with E-state index in [-0.39, 0.29) is 30.9 Å². The van der Waals surface area contributed by atoms with E-state index in [2.05, 4.69) is 5.10 Å². The maximum absolute atomic E-state index is 13.1. The highest BCUT2D eigenvalue weighted by atomic mass is 19.1. The first-order chi connectivity index (χ1) is 11.5. The van der Waals surface area contributed by atoms with Gasteiger partial charge in [-0.05, 0) is 30.2 Å². The number of rotatable bonds is 5. The van der Waals surface area contributed by atoms with E-state index in [1.807, 2.05) is 13.1 Å². The van der Waals surface area contributed by atoms with E-state index in [0.717, 1.165) is 11.3 Å². The summed E-state index contributed by atoms with van der Waals surface area (Å²) in [6.07, 6.45) is 1.53. The summed E-state index contributed by atoms with van der Waals surface area (Å²) in [5.74, 6) is -0.516. The molecule has 0 unspecified atom stereocenters. The summed E-state index contributed by atoms with van der Waals surface area (Å²) in [5, 5.41) is 14.0. The van der Waals surface area contributed by atoms with Crippen LogP contribution in [0.5, 0.6) is 0 Å². The number of amides is 1. The smallest absolute Gasteiger partial charge is 0.249 e. The number of carbonyl (C=O) groups is 1. The topological polar surface area (TPSA) is 67.6 Å². The fraction of sp³-hybridized carbons (Fsp3) is 0.412. The number of likely N-dealkylation sites (tertiary alicyclic amines) is 1. The third-order valence-electron chi connectivity index (χ3n) is 4.25. The molecule has 3 rings (SSSR count). The molecule has 1 amide bonds. The van der Waals surface area contributed by atoms with Crippen LogP contribution in [0.15, 0.2) is 36.5 Å². The number of hydrogen-bond donors (Lipinski definition) is 1. The first-order valence-electron chi connectivity index (χ1n) is 7.82. The Hall–Kier alpha value is -2.25. The van der Waals surface area contributed by atoms with Gasteiger partial charge in [0, 0.05) is 19.8 Å². The van der Waals surface area contributed by atoms with Crippen molar-refractivity contribution < 1.29 is 19.0 Å². The summed E-state index contributed by atoms with van der Waals surface area (Å²) >= 11 is 0. The monoisotopic (exact) mass is 333 g/mol. The van der Waals surface area contributed by atoms with Gasteiger partial charge in [-0.25, -0.2) is 4.39 Å². The predicted molar refractivity (Wildman–Crippen MR) is 84.3 cm³/mol. The van der Waals surface area contributed by atoms with Crippen molar-refractivity contribution >= 4 is 5.91 Å². The highest BCUT2D eigenvalue weighted by molar-refractivity contribution is 5.78. The molecular formula is C17H20FN3O3. The van der Waals surface area contributed by atoms with Crippen LogP contribution in [0.1, 0.15) is 23.7 Å². The van der Waals surface area contributed by atoms with Gasteiger partial charge in [0.05, 0.1) is 24.4 Å². The molecule has 2 heterocycles. The lowest BCUT2D eigenvalue weighted by molar-refractivity contribution is -0.137. The largest absolute Gasteiger partial charge is 0.391 e. The highest BCUT2D eigenvalue weighted by Crippen LogP contribution is 2.32. The molecule has 0 radical (unpaired) electrons. The summed E-state index contributed by atoms with van der Waals surface area (Å²) in [6.45, 7) is 0.478. The molecule has 1 N–H and O–H groups in total.